The van der Waals surface area contributed by atoms with Crippen LogP contribution in [0.25, 0.3) is 0 Å². The number of urea groups is 1. The molecule has 9 heteroatoms. The smallest absolute Gasteiger partial charge is 0.328 e. The van der Waals surface area contributed by atoms with E-state index in [2.05, 4.69) is 5.32 Å². The number of carbonyl (C=O) groups is 2. The molecule has 0 aliphatic carbocycles. The topological polar surface area (TPSA) is 88.1 Å². The van der Waals surface area contributed by atoms with Gasteiger partial charge < -0.3 is 14.6 Å². The SMILES string of the molecule is CO[C@H]1N(C2CC(F)C(CO)O2)C(=O)NC(=O)[C@]1(C)I. The van der Waals surface area contributed by atoms with E-state index in [0.29, 0.717) is 0 Å². The lowest BCUT2D eigenvalue weighted by Gasteiger charge is -2.44. The summed E-state index contributed by atoms with van der Waals surface area (Å²) < 4.78 is 23.2. The molecule has 5 atom stereocenters. The molecule has 2 heterocycles. The molecule has 3 amide bonds. The van der Waals surface area contributed by atoms with Crippen LogP contribution >= 0.6 is 22.6 Å². The van der Waals surface area contributed by atoms with Crippen molar-refractivity contribution in [2.45, 2.75) is 41.5 Å². The molecule has 0 radical (unpaired) electrons. The molecule has 7 nitrogen and oxygen atoms in total. The minimum Gasteiger partial charge on any atom is -0.394 e. The van der Waals surface area contributed by atoms with Crippen LogP contribution in [0.2, 0.25) is 0 Å². The molecule has 2 fully saturated rings. The number of halogens is 2. The quantitative estimate of drug-likeness (QED) is 0.519. The Morgan fingerprint density at radius 1 is 1.65 bits per heavy atom. The minimum absolute atomic E-state index is 0.0700. The third-order valence-corrected chi connectivity index (χ3v) is 4.51. The van der Waals surface area contributed by atoms with E-state index in [1.807, 2.05) is 22.6 Å². The summed E-state index contributed by atoms with van der Waals surface area (Å²) in [4.78, 5) is 25.0. The predicted molar refractivity (Wildman–Crippen MR) is 73.9 cm³/mol. The zero-order chi connectivity index (χ0) is 15.1. The van der Waals surface area contributed by atoms with Crippen molar-refractivity contribution in [1.82, 2.24) is 10.2 Å². The van der Waals surface area contributed by atoms with Crippen LogP contribution in [0, 0.1) is 0 Å². The van der Waals surface area contributed by atoms with Gasteiger partial charge in [0.25, 0.3) is 0 Å². The maximum Gasteiger partial charge on any atom is 0.328 e. The summed E-state index contributed by atoms with van der Waals surface area (Å²) in [5.41, 5.74) is 0. The number of carbonyl (C=O) groups excluding carboxylic acids is 2. The van der Waals surface area contributed by atoms with Crippen molar-refractivity contribution in [3.8, 4) is 0 Å². The van der Waals surface area contributed by atoms with Gasteiger partial charge in [-0.3, -0.25) is 15.0 Å². The van der Waals surface area contributed by atoms with Crippen molar-refractivity contribution in [3.05, 3.63) is 0 Å². The number of aliphatic hydroxyl groups is 1. The van der Waals surface area contributed by atoms with Gasteiger partial charge in [0.1, 0.15) is 21.9 Å². The number of nitrogens with one attached hydrogen (secondary N) is 1. The number of amides is 3. The molecular weight excluding hydrogens is 386 g/mol. The lowest BCUT2D eigenvalue weighted by Crippen LogP contribution is -2.69. The number of hydrogen-bond donors (Lipinski definition) is 2. The molecule has 3 unspecified atom stereocenters. The normalized spacial score (nSPS) is 42.0. The number of rotatable bonds is 3. The van der Waals surface area contributed by atoms with Crippen LogP contribution in [0.5, 0.6) is 0 Å². The molecular formula is C11H16FIN2O5. The monoisotopic (exact) mass is 402 g/mol. The number of nitrogens with zero attached hydrogens (tertiary/aromatic N) is 1. The summed E-state index contributed by atoms with van der Waals surface area (Å²) >= 11 is 1.88. The number of hydrogen-bond acceptors (Lipinski definition) is 5. The van der Waals surface area contributed by atoms with Gasteiger partial charge in [0.05, 0.1) is 6.61 Å². The van der Waals surface area contributed by atoms with Gasteiger partial charge in [-0.25, -0.2) is 9.18 Å². The van der Waals surface area contributed by atoms with E-state index < -0.39 is 46.7 Å². The highest BCUT2D eigenvalue weighted by molar-refractivity contribution is 14.1. The van der Waals surface area contributed by atoms with Gasteiger partial charge >= 0.3 is 6.03 Å². The van der Waals surface area contributed by atoms with E-state index in [9.17, 15) is 14.0 Å². The Morgan fingerprint density at radius 3 is 2.80 bits per heavy atom. The van der Waals surface area contributed by atoms with E-state index in [0.717, 1.165) is 0 Å². The summed E-state index contributed by atoms with van der Waals surface area (Å²) in [6, 6.07) is -0.688. The van der Waals surface area contributed by atoms with Crippen LogP contribution < -0.4 is 5.32 Å². The Labute approximate surface area is 128 Å². The zero-order valence-corrected chi connectivity index (χ0v) is 13.2. The van der Waals surface area contributed by atoms with Crippen LogP contribution in [0.15, 0.2) is 0 Å². The molecule has 2 aliphatic rings. The molecule has 2 rings (SSSR count). The molecule has 2 aliphatic heterocycles. The summed E-state index contributed by atoms with van der Waals surface area (Å²) in [7, 11) is 1.37. The number of aliphatic hydroxyl groups excluding tert-OH is 1. The fraction of sp³-hybridized carbons (Fsp3) is 0.818. The maximum atomic E-state index is 13.7. The molecule has 2 saturated heterocycles. The lowest BCUT2D eigenvalue weighted by atomic mass is 10.1. The molecule has 0 aromatic rings. The molecule has 0 saturated carbocycles. The van der Waals surface area contributed by atoms with Crippen molar-refractivity contribution >= 4 is 34.5 Å². The first kappa shape index (κ1) is 15.9. The third kappa shape index (κ3) is 2.51. The van der Waals surface area contributed by atoms with E-state index in [1.165, 1.54) is 12.0 Å². The molecule has 0 bridgehead atoms. The Morgan fingerprint density at radius 2 is 2.30 bits per heavy atom. The Kier molecular flexibility index (Phi) is 4.52. The first-order chi connectivity index (χ1) is 9.32. The highest BCUT2D eigenvalue weighted by Gasteiger charge is 2.54. The second kappa shape index (κ2) is 5.70. The summed E-state index contributed by atoms with van der Waals surface area (Å²) in [5.74, 6) is -0.472. The molecule has 0 spiro atoms. The number of alkyl halides is 2. The van der Waals surface area contributed by atoms with Gasteiger partial charge in [0.15, 0.2) is 6.23 Å². The molecule has 20 heavy (non-hydrogen) atoms. The predicted octanol–water partition coefficient (Wildman–Crippen LogP) is 0.150. The largest absolute Gasteiger partial charge is 0.394 e. The standard InChI is InChI=1S/C11H16FIN2O5/c1-11(13)8(17)14-10(18)15(9(11)19-2)7-3-5(12)6(4-16)20-7/h5-7,9,16H,3-4H2,1-2H3,(H,14,17,18)/t5?,6?,7?,9-,11+/m1/s1. The van der Waals surface area contributed by atoms with Crippen LogP contribution in [0.3, 0.4) is 0 Å². The number of imide groups is 1. The van der Waals surface area contributed by atoms with Crippen molar-refractivity contribution in [3.63, 3.8) is 0 Å². The first-order valence-corrected chi connectivity index (χ1v) is 7.16. The fourth-order valence-electron chi connectivity index (χ4n) is 2.40. The van der Waals surface area contributed by atoms with Crippen LogP contribution in [0.1, 0.15) is 13.3 Å². The van der Waals surface area contributed by atoms with Crippen molar-refractivity contribution < 1.29 is 28.6 Å². The minimum atomic E-state index is -1.37. The van der Waals surface area contributed by atoms with Gasteiger partial charge in [0.2, 0.25) is 5.91 Å². The summed E-state index contributed by atoms with van der Waals surface area (Å²) in [6.45, 7) is 1.15. The van der Waals surface area contributed by atoms with Crippen molar-refractivity contribution in [2.75, 3.05) is 13.7 Å². The summed E-state index contributed by atoms with van der Waals surface area (Å²) in [5, 5.41) is 11.2. The third-order valence-electron chi connectivity index (χ3n) is 3.49. The average Bonchev–Trinajstić information content (AvgIpc) is 2.74. The van der Waals surface area contributed by atoms with Crippen molar-refractivity contribution in [1.29, 1.82) is 0 Å². The second-order valence-electron chi connectivity index (χ2n) is 4.89. The first-order valence-electron chi connectivity index (χ1n) is 6.08. The second-order valence-corrected chi connectivity index (χ2v) is 7.13. The van der Waals surface area contributed by atoms with Gasteiger partial charge in [-0.2, -0.15) is 0 Å². The Balaban J connectivity index is 2.25. The Bertz CT molecular complexity index is 422. The molecule has 0 aromatic carbocycles. The van der Waals surface area contributed by atoms with Crippen LogP contribution in [-0.2, 0) is 14.3 Å². The fourth-order valence-corrected chi connectivity index (χ4v) is 3.09. The van der Waals surface area contributed by atoms with Gasteiger partial charge in [-0.05, 0) is 6.92 Å². The van der Waals surface area contributed by atoms with E-state index in [-0.39, 0.29) is 6.42 Å². The average molecular weight is 402 g/mol. The zero-order valence-electron chi connectivity index (χ0n) is 11.0. The maximum absolute atomic E-state index is 13.7. The van der Waals surface area contributed by atoms with Crippen molar-refractivity contribution in [2.24, 2.45) is 0 Å². The van der Waals surface area contributed by atoms with Gasteiger partial charge in [0, 0.05) is 13.5 Å². The highest BCUT2D eigenvalue weighted by Crippen LogP contribution is 2.36. The van der Waals surface area contributed by atoms with Gasteiger partial charge in [-0.1, -0.05) is 22.6 Å². The Hall–Kier alpha value is -0.520. The van der Waals surface area contributed by atoms with Crippen LogP contribution in [0.4, 0.5) is 9.18 Å². The number of ether oxygens (including phenoxy) is 2. The van der Waals surface area contributed by atoms with E-state index >= 15 is 0 Å². The molecule has 114 valence electrons. The number of methoxy groups -OCH3 is 1. The van der Waals surface area contributed by atoms with E-state index in [4.69, 9.17) is 14.6 Å². The molecule has 0 aromatic heterocycles. The highest BCUT2D eigenvalue weighted by atomic mass is 127. The molecule has 2 N–H and O–H groups in total. The van der Waals surface area contributed by atoms with E-state index in [1.54, 1.807) is 6.92 Å². The van der Waals surface area contributed by atoms with Crippen LogP contribution in [-0.4, -0.2) is 63.8 Å². The lowest BCUT2D eigenvalue weighted by molar-refractivity contribution is -0.152. The summed E-state index contributed by atoms with van der Waals surface area (Å²) in [6.07, 6.45) is -4.16. The van der Waals surface area contributed by atoms with Gasteiger partial charge in [-0.15, -0.1) is 0 Å².